The van der Waals surface area contributed by atoms with E-state index in [1.807, 2.05) is 13.0 Å². The van der Waals surface area contributed by atoms with Gasteiger partial charge < -0.3 is 10.1 Å². The SMILES string of the molecule is Cc1ncc(OC[C@@]2(C3C=CC=C(F)C3)C[C@H]2C(=O)Nc2ccc(CF)cn2)c(C)n1. The molecule has 0 radical (unpaired) electrons. The second-order valence-electron chi connectivity index (χ2n) is 8.13. The average molecular weight is 426 g/mol. The Morgan fingerprint density at radius 1 is 1.29 bits per heavy atom. The second kappa shape index (κ2) is 8.53. The first-order chi connectivity index (χ1) is 14.9. The molecule has 3 atom stereocenters. The van der Waals surface area contributed by atoms with Crippen LogP contribution in [0.2, 0.25) is 0 Å². The number of pyridine rings is 1. The molecule has 0 bridgehead atoms. The van der Waals surface area contributed by atoms with Gasteiger partial charge in [0.2, 0.25) is 5.91 Å². The summed E-state index contributed by atoms with van der Waals surface area (Å²) in [6.07, 6.45) is 8.88. The zero-order valence-corrected chi connectivity index (χ0v) is 17.4. The molecule has 2 aliphatic carbocycles. The maximum Gasteiger partial charge on any atom is 0.229 e. The van der Waals surface area contributed by atoms with Crippen LogP contribution in [0, 0.1) is 31.1 Å². The Hall–Kier alpha value is -3.16. The third-order valence-electron chi connectivity index (χ3n) is 5.99. The van der Waals surface area contributed by atoms with Crippen LogP contribution in [0.5, 0.6) is 5.75 Å². The van der Waals surface area contributed by atoms with Gasteiger partial charge in [-0.05, 0) is 38.3 Å². The molecule has 1 saturated carbocycles. The van der Waals surface area contributed by atoms with Crippen molar-refractivity contribution in [3.63, 3.8) is 0 Å². The van der Waals surface area contributed by atoms with Gasteiger partial charge in [0.15, 0.2) is 5.75 Å². The largest absolute Gasteiger partial charge is 0.489 e. The fourth-order valence-corrected chi connectivity index (χ4v) is 4.10. The maximum absolute atomic E-state index is 14.0. The van der Waals surface area contributed by atoms with Crippen molar-refractivity contribution < 1.29 is 18.3 Å². The summed E-state index contributed by atoms with van der Waals surface area (Å²) in [6, 6.07) is 3.15. The van der Waals surface area contributed by atoms with E-state index in [0.29, 0.717) is 35.1 Å². The Bertz CT molecular complexity index is 1040. The minimum absolute atomic E-state index is 0.165. The van der Waals surface area contributed by atoms with Crippen LogP contribution in [-0.4, -0.2) is 27.5 Å². The Kier molecular flexibility index (Phi) is 5.80. The van der Waals surface area contributed by atoms with Crippen molar-refractivity contribution >= 4 is 11.7 Å². The number of aromatic nitrogens is 3. The van der Waals surface area contributed by atoms with E-state index in [4.69, 9.17) is 4.74 Å². The number of amides is 1. The number of carbonyl (C=O) groups is 1. The van der Waals surface area contributed by atoms with E-state index < -0.39 is 12.1 Å². The molecule has 8 heteroatoms. The van der Waals surface area contributed by atoms with Crippen molar-refractivity contribution in [3.8, 4) is 5.75 Å². The van der Waals surface area contributed by atoms with Crippen LogP contribution in [0.25, 0.3) is 0 Å². The lowest BCUT2D eigenvalue weighted by Crippen LogP contribution is -2.30. The number of ether oxygens (including phenoxy) is 1. The maximum atomic E-state index is 14.0. The van der Waals surface area contributed by atoms with Gasteiger partial charge in [-0.25, -0.2) is 23.7 Å². The summed E-state index contributed by atoms with van der Waals surface area (Å²) in [5.74, 6) is 0.619. The minimum atomic E-state index is -0.612. The van der Waals surface area contributed by atoms with Crippen molar-refractivity contribution in [2.45, 2.75) is 33.4 Å². The molecule has 1 unspecified atom stereocenters. The van der Waals surface area contributed by atoms with Gasteiger partial charge in [0.1, 0.15) is 24.1 Å². The monoisotopic (exact) mass is 426 g/mol. The van der Waals surface area contributed by atoms with Crippen LogP contribution in [0.1, 0.15) is 29.9 Å². The number of nitrogens with zero attached hydrogens (tertiary/aromatic N) is 3. The smallest absolute Gasteiger partial charge is 0.229 e. The molecular formula is C23H24F2N4O2. The number of allylic oxidation sites excluding steroid dienone is 4. The van der Waals surface area contributed by atoms with E-state index in [0.717, 1.165) is 0 Å². The fourth-order valence-electron chi connectivity index (χ4n) is 4.10. The number of anilines is 1. The molecular weight excluding hydrogens is 402 g/mol. The molecule has 162 valence electrons. The number of alkyl halides is 1. The van der Waals surface area contributed by atoms with Gasteiger partial charge in [0, 0.05) is 29.5 Å². The van der Waals surface area contributed by atoms with E-state index in [2.05, 4.69) is 20.3 Å². The molecule has 0 aromatic carbocycles. The second-order valence-corrected chi connectivity index (χ2v) is 8.13. The molecule has 6 nitrogen and oxygen atoms in total. The molecule has 0 aliphatic heterocycles. The molecule has 0 spiro atoms. The summed E-state index contributed by atoms with van der Waals surface area (Å²) in [5, 5.41) is 2.79. The predicted molar refractivity (Wildman–Crippen MR) is 112 cm³/mol. The van der Waals surface area contributed by atoms with Gasteiger partial charge in [-0.15, -0.1) is 0 Å². The highest BCUT2D eigenvalue weighted by molar-refractivity contribution is 5.94. The van der Waals surface area contributed by atoms with Gasteiger partial charge in [-0.3, -0.25) is 4.79 Å². The average Bonchev–Trinajstić information content (AvgIpc) is 3.50. The van der Waals surface area contributed by atoms with Crippen molar-refractivity contribution in [2.75, 3.05) is 11.9 Å². The number of nitrogens with one attached hydrogen (secondary N) is 1. The molecule has 4 rings (SSSR count). The molecule has 1 N–H and O–H groups in total. The number of hydrogen-bond acceptors (Lipinski definition) is 5. The van der Waals surface area contributed by atoms with E-state index in [1.165, 1.54) is 12.3 Å². The zero-order chi connectivity index (χ0) is 22.0. The first kappa shape index (κ1) is 21.1. The first-order valence-corrected chi connectivity index (χ1v) is 10.2. The first-order valence-electron chi connectivity index (χ1n) is 10.2. The third kappa shape index (κ3) is 4.47. The summed E-state index contributed by atoms with van der Waals surface area (Å²) in [5.41, 5.74) is 0.617. The van der Waals surface area contributed by atoms with Gasteiger partial charge in [0.25, 0.3) is 0 Å². The van der Waals surface area contributed by atoms with Crippen LogP contribution in [0.3, 0.4) is 0 Å². The minimum Gasteiger partial charge on any atom is -0.489 e. The Morgan fingerprint density at radius 3 is 2.81 bits per heavy atom. The molecule has 2 heterocycles. The van der Waals surface area contributed by atoms with Crippen molar-refractivity contribution in [1.29, 1.82) is 0 Å². The van der Waals surface area contributed by atoms with Crippen LogP contribution in [0.15, 0.2) is 48.6 Å². The summed E-state index contributed by atoms with van der Waals surface area (Å²) in [7, 11) is 0. The van der Waals surface area contributed by atoms with E-state index >= 15 is 0 Å². The summed E-state index contributed by atoms with van der Waals surface area (Å²) in [6.45, 7) is 3.27. The number of aryl methyl sites for hydroxylation is 2. The van der Waals surface area contributed by atoms with Gasteiger partial charge >= 0.3 is 0 Å². The van der Waals surface area contributed by atoms with Crippen LogP contribution < -0.4 is 10.1 Å². The highest BCUT2D eigenvalue weighted by Crippen LogP contribution is 2.60. The standard InChI is InChI=1S/C23H24F2N4O2/c1-14-20(12-26-15(2)28-14)31-13-23(17-4-3-5-18(25)8-17)9-19(23)22(30)29-21-7-6-16(10-24)11-27-21/h3-7,11-12,17,19H,8-10,13H2,1-2H3,(H,27,29,30)/t17?,19-,23+/m0/s1. The number of rotatable bonds is 7. The number of halogens is 2. The van der Waals surface area contributed by atoms with E-state index in [1.54, 1.807) is 31.3 Å². The highest BCUT2D eigenvalue weighted by Gasteiger charge is 2.62. The van der Waals surface area contributed by atoms with E-state index in [-0.39, 0.29) is 36.6 Å². The van der Waals surface area contributed by atoms with Crippen LogP contribution in [-0.2, 0) is 11.5 Å². The zero-order valence-electron chi connectivity index (χ0n) is 17.4. The quantitative estimate of drug-likeness (QED) is 0.710. The summed E-state index contributed by atoms with van der Waals surface area (Å²) >= 11 is 0. The lowest BCUT2D eigenvalue weighted by molar-refractivity contribution is -0.118. The molecule has 2 aromatic rings. The molecule has 1 amide bonds. The van der Waals surface area contributed by atoms with Crippen LogP contribution in [0.4, 0.5) is 14.6 Å². The Labute approximate surface area is 179 Å². The highest BCUT2D eigenvalue weighted by atomic mass is 19.1. The summed E-state index contributed by atoms with van der Waals surface area (Å²) < 4.78 is 32.7. The predicted octanol–water partition coefficient (Wildman–Crippen LogP) is 4.41. The van der Waals surface area contributed by atoms with Crippen molar-refractivity contribution in [3.05, 3.63) is 65.7 Å². The molecule has 2 aliphatic rings. The van der Waals surface area contributed by atoms with Crippen LogP contribution >= 0.6 is 0 Å². The van der Waals surface area contributed by atoms with Crippen molar-refractivity contribution in [2.24, 2.45) is 17.3 Å². The molecule has 0 saturated heterocycles. The van der Waals surface area contributed by atoms with Gasteiger partial charge in [-0.2, -0.15) is 0 Å². The number of carbonyl (C=O) groups excluding carboxylic acids is 1. The Balaban J connectivity index is 1.50. The van der Waals surface area contributed by atoms with Crippen molar-refractivity contribution in [1.82, 2.24) is 15.0 Å². The topological polar surface area (TPSA) is 77.0 Å². The summed E-state index contributed by atoms with van der Waals surface area (Å²) in [4.78, 5) is 25.5. The molecule has 2 aromatic heterocycles. The van der Waals surface area contributed by atoms with E-state index in [9.17, 15) is 13.6 Å². The normalized spacial score (nSPS) is 24.5. The fraction of sp³-hybridized carbons (Fsp3) is 0.391. The molecule has 31 heavy (non-hydrogen) atoms. The van der Waals surface area contributed by atoms with Gasteiger partial charge in [0.05, 0.1) is 18.5 Å². The lowest BCUT2D eigenvalue weighted by Gasteiger charge is -2.27. The lowest BCUT2D eigenvalue weighted by atomic mass is 9.82. The third-order valence-corrected chi connectivity index (χ3v) is 5.99. The Morgan fingerprint density at radius 2 is 2.13 bits per heavy atom. The van der Waals surface area contributed by atoms with Gasteiger partial charge in [-0.1, -0.05) is 18.2 Å². The number of hydrogen-bond donors (Lipinski definition) is 1. The molecule has 1 fully saturated rings.